The number of allylic oxidation sites excluding steroid dienone is 4. The summed E-state index contributed by atoms with van der Waals surface area (Å²) in [5.41, 5.74) is 3.26. The molecule has 0 amide bonds. The molecule has 133 valence electrons. The minimum absolute atomic E-state index is 0. The van der Waals surface area contributed by atoms with Gasteiger partial charge in [0.15, 0.2) is 0 Å². The van der Waals surface area contributed by atoms with Gasteiger partial charge in [-0.2, -0.15) is 6.08 Å². The predicted molar refractivity (Wildman–Crippen MR) is 91.8 cm³/mol. The number of rotatable bonds is 0. The van der Waals surface area contributed by atoms with Crippen molar-refractivity contribution in [2.75, 3.05) is 0 Å². The van der Waals surface area contributed by atoms with Gasteiger partial charge in [0.2, 0.25) is 0 Å². The number of aromatic hydroxyl groups is 1. The summed E-state index contributed by atoms with van der Waals surface area (Å²) in [7, 11) is 0. The Morgan fingerprint density at radius 3 is 1.54 bits per heavy atom. The molecular formula is C20H29I2OTi. The molecule has 1 aromatic carbocycles. The minimum atomic E-state index is -0.0178. The molecule has 0 atom stereocenters. The van der Waals surface area contributed by atoms with Crippen LogP contribution >= 0.6 is 0 Å². The van der Waals surface area contributed by atoms with E-state index in [9.17, 15) is 5.11 Å². The molecule has 0 unspecified atom stereocenters. The van der Waals surface area contributed by atoms with Gasteiger partial charge in [0.25, 0.3) is 0 Å². The van der Waals surface area contributed by atoms with E-state index in [0.717, 1.165) is 17.5 Å². The van der Waals surface area contributed by atoms with E-state index < -0.39 is 0 Å². The first-order chi connectivity index (χ1) is 9.53. The Bertz CT molecular complexity index is 505. The van der Waals surface area contributed by atoms with Crippen molar-refractivity contribution in [1.82, 2.24) is 0 Å². The summed E-state index contributed by atoms with van der Waals surface area (Å²) >= 11 is 0. The van der Waals surface area contributed by atoms with Crippen LogP contribution in [0.2, 0.25) is 0 Å². The molecule has 0 heterocycles. The molecule has 1 aliphatic rings. The van der Waals surface area contributed by atoms with Gasteiger partial charge in [0, 0.05) is 0 Å². The van der Waals surface area contributed by atoms with Crippen molar-refractivity contribution in [1.29, 1.82) is 0 Å². The fourth-order valence-corrected chi connectivity index (χ4v) is 2.26. The van der Waals surface area contributed by atoms with Crippen LogP contribution in [0.5, 0.6) is 5.75 Å². The Hall–Kier alpha value is 0.674. The second-order valence-corrected chi connectivity index (χ2v) is 7.71. The van der Waals surface area contributed by atoms with Crippen molar-refractivity contribution in [2.24, 2.45) is 0 Å². The van der Waals surface area contributed by atoms with Crippen molar-refractivity contribution in [3.63, 3.8) is 0 Å². The number of halogens is 2. The summed E-state index contributed by atoms with van der Waals surface area (Å²) < 4.78 is 0. The van der Waals surface area contributed by atoms with Crippen LogP contribution in [0.3, 0.4) is 0 Å². The SMILES string of the molecule is Cc1cc(C(C)(C)C)c(O)c(C(C)(C)C)c1.[C-]1=CC=CC1.[I-].[I-].[Ti+3]. The van der Waals surface area contributed by atoms with E-state index in [1.165, 1.54) is 5.56 Å². The molecular weight excluding hydrogens is 558 g/mol. The molecule has 0 saturated heterocycles. The molecule has 1 radical (unpaired) electrons. The molecule has 0 spiro atoms. The molecule has 0 aromatic heterocycles. The molecule has 1 aliphatic carbocycles. The maximum absolute atomic E-state index is 10.4. The zero-order valence-electron chi connectivity index (χ0n) is 15.8. The number of phenolic OH excluding ortho intramolecular Hbond substituents is 1. The van der Waals surface area contributed by atoms with Crippen molar-refractivity contribution in [3.8, 4) is 5.75 Å². The van der Waals surface area contributed by atoms with Crippen LogP contribution in [-0.2, 0) is 32.5 Å². The fraction of sp³-hybridized carbons (Fsp3) is 0.500. The molecule has 1 N–H and O–H groups in total. The molecule has 4 heteroatoms. The van der Waals surface area contributed by atoms with Crippen LogP contribution < -0.4 is 48.0 Å². The molecule has 24 heavy (non-hydrogen) atoms. The van der Waals surface area contributed by atoms with Crippen LogP contribution in [0.4, 0.5) is 0 Å². The zero-order chi connectivity index (χ0) is 16.3. The number of aryl methyl sites for hydroxylation is 1. The van der Waals surface area contributed by atoms with Gasteiger partial charge >= 0.3 is 21.7 Å². The normalized spacial score (nSPS) is 12.3. The first-order valence-electron chi connectivity index (χ1n) is 7.60. The van der Waals surface area contributed by atoms with Crippen LogP contribution in [0.1, 0.15) is 64.7 Å². The van der Waals surface area contributed by atoms with Gasteiger partial charge in [-0.05, 0) is 28.9 Å². The second-order valence-electron chi connectivity index (χ2n) is 7.71. The van der Waals surface area contributed by atoms with Crippen LogP contribution in [-0.4, -0.2) is 5.11 Å². The van der Waals surface area contributed by atoms with Crippen molar-refractivity contribution in [3.05, 3.63) is 53.1 Å². The molecule has 0 aliphatic heterocycles. The van der Waals surface area contributed by atoms with Crippen molar-refractivity contribution >= 4 is 0 Å². The van der Waals surface area contributed by atoms with E-state index in [1.54, 1.807) is 0 Å². The summed E-state index contributed by atoms with van der Waals surface area (Å²) in [4.78, 5) is 0. The Morgan fingerprint density at radius 1 is 0.917 bits per heavy atom. The predicted octanol–water partition coefficient (Wildman–Crippen LogP) is -0.393. The average molecular weight is 587 g/mol. The molecule has 1 aromatic rings. The number of hydrogen-bond donors (Lipinski definition) is 1. The average Bonchev–Trinajstić information content (AvgIpc) is 2.87. The topological polar surface area (TPSA) is 20.2 Å². The van der Waals surface area contributed by atoms with Crippen LogP contribution in [0, 0.1) is 13.0 Å². The van der Waals surface area contributed by atoms with E-state index in [0.29, 0.717) is 5.75 Å². The molecule has 2 rings (SSSR count). The Morgan fingerprint density at radius 2 is 1.33 bits per heavy atom. The third-order valence-electron chi connectivity index (χ3n) is 3.46. The smallest absolute Gasteiger partial charge is 1.00 e. The number of hydrogen-bond acceptors (Lipinski definition) is 1. The Labute approximate surface area is 197 Å². The van der Waals surface area contributed by atoms with Gasteiger partial charge in [-0.3, -0.25) is 6.08 Å². The monoisotopic (exact) mass is 587 g/mol. The maximum atomic E-state index is 10.4. The van der Waals surface area contributed by atoms with E-state index in [1.807, 2.05) is 12.2 Å². The summed E-state index contributed by atoms with van der Waals surface area (Å²) in [6.45, 7) is 14.9. The summed E-state index contributed by atoms with van der Waals surface area (Å²) in [5.74, 6) is 0.464. The number of phenols is 1. The maximum Gasteiger partial charge on any atom is 3.00 e. The molecule has 0 saturated carbocycles. The van der Waals surface area contributed by atoms with Gasteiger partial charge in [-0.1, -0.05) is 59.2 Å². The van der Waals surface area contributed by atoms with E-state index in [-0.39, 0.29) is 80.5 Å². The van der Waals surface area contributed by atoms with E-state index in [2.05, 4.69) is 72.8 Å². The standard InChI is InChI=1S/C15H24O.C5H5.2HI.Ti/c1-10-8-11(14(2,3)4)13(16)12(9-10)15(5,6)7;1-2-4-5-3-1;;;/h8-9,16H,1-7H3;1-3H,4H2;2*1H;/q;-1;;;+3/p-2. The van der Waals surface area contributed by atoms with Gasteiger partial charge in [-0.15, -0.1) is 6.42 Å². The summed E-state index contributed by atoms with van der Waals surface area (Å²) in [5, 5.41) is 10.4. The van der Waals surface area contributed by atoms with E-state index >= 15 is 0 Å². The first-order valence-corrected chi connectivity index (χ1v) is 7.60. The fourth-order valence-electron chi connectivity index (χ4n) is 2.26. The van der Waals surface area contributed by atoms with Gasteiger partial charge in [-0.25, -0.2) is 12.2 Å². The quantitative estimate of drug-likeness (QED) is 0.250. The Balaban J connectivity index is -0.000000475. The van der Waals surface area contributed by atoms with Gasteiger partial charge in [0.1, 0.15) is 5.75 Å². The Kier molecular flexibility index (Phi) is 14.9. The third-order valence-corrected chi connectivity index (χ3v) is 3.46. The molecule has 0 fully saturated rings. The third kappa shape index (κ3) is 9.39. The largest absolute Gasteiger partial charge is 3.00 e. The minimum Gasteiger partial charge on any atom is -1.00 e. The summed E-state index contributed by atoms with van der Waals surface area (Å²) in [6, 6.07) is 4.18. The first kappa shape index (κ1) is 29.4. The van der Waals surface area contributed by atoms with Gasteiger partial charge in [0.05, 0.1) is 0 Å². The number of benzene rings is 1. The van der Waals surface area contributed by atoms with Crippen LogP contribution in [0.25, 0.3) is 0 Å². The molecule has 1 nitrogen and oxygen atoms in total. The summed E-state index contributed by atoms with van der Waals surface area (Å²) in [6.07, 6.45) is 10.0. The van der Waals surface area contributed by atoms with Crippen LogP contribution in [0.15, 0.2) is 30.4 Å². The van der Waals surface area contributed by atoms with Gasteiger partial charge < -0.3 is 53.1 Å². The van der Waals surface area contributed by atoms with Crippen molar-refractivity contribution in [2.45, 2.75) is 65.7 Å². The second kappa shape index (κ2) is 12.1. The van der Waals surface area contributed by atoms with Crippen molar-refractivity contribution < 1.29 is 74.8 Å². The van der Waals surface area contributed by atoms with E-state index in [4.69, 9.17) is 0 Å². The molecule has 0 bridgehead atoms. The zero-order valence-corrected chi connectivity index (χ0v) is 21.7.